The minimum absolute atomic E-state index is 0.0351. The van der Waals surface area contributed by atoms with Crippen LogP contribution in [0, 0.1) is 13.8 Å². The summed E-state index contributed by atoms with van der Waals surface area (Å²) in [6, 6.07) is 1.72. The Hall–Kier alpha value is -3.28. The molecule has 0 radical (unpaired) electrons. The van der Waals surface area contributed by atoms with Crippen LogP contribution in [0.1, 0.15) is 23.7 Å². The van der Waals surface area contributed by atoms with E-state index < -0.39 is 0 Å². The molecule has 0 spiro atoms. The summed E-state index contributed by atoms with van der Waals surface area (Å²) in [6.45, 7) is 6.20. The van der Waals surface area contributed by atoms with E-state index in [4.69, 9.17) is 0 Å². The van der Waals surface area contributed by atoms with Crippen molar-refractivity contribution in [2.24, 2.45) is 0 Å². The van der Waals surface area contributed by atoms with Gasteiger partial charge in [0.1, 0.15) is 24.8 Å². The van der Waals surface area contributed by atoms with E-state index in [1.807, 2.05) is 17.9 Å². The Labute approximate surface area is 188 Å². The third-order valence-electron chi connectivity index (χ3n) is 5.98. The first-order valence-electron chi connectivity index (χ1n) is 10.4. The lowest BCUT2D eigenvalue weighted by molar-refractivity contribution is -0.132. The van der Waals surface area contributed by atoms with Gasteiger partial charge in [-0.1, -0.05) is 11.8 Å². The molecule has 2 aliphatic rings. The van der Waals surface area contributed by atoms with Gasteiger partial charge in [0.2, 0.25) is 5.91 Å². The number of hydrogen-bond donors (Lipinski definition) is 0. The van der Waals surface area contributed by atoms with E-state index in [2.05, 4.69) is 29.9 Å². The molecular weight excluding hydrogens is 430 g/mol. The van der Waals surface area contributed by atoms with Crippen molar-refractivity contribution < 1.29 is 4.79 Å². The average molecular weight is 454 g/mol. The Kier molecular flexibility index (Phi) is 5.37. The Morgan fingerprint density at radius 1 is 1.12 bits per heavy atom. The van der Waals surface area contributed by atoms with Crippen LogP contribution in [0.4, 0.5) is 5.82 Å². The third kappa shape index (κ3) is 3.74. The second kappa shape index (κ2) is 8.34. The highest BCUT2D eigenvalue weighted by Crippen LogP contribution is 2.33. The minimum Gasteiger partial charge on any atom is -0.353 e. The van der Waals surface area contributed by atoms with E-state index in [9.17, 15) is 9.59 Å². The van der Waals surface area contributed by atoms with Crippen molar-refractivity contribution in [1.82, 2.24) is 39.2 Å². The van der Waals surface area contributed by atoms with Gasteiger partial charge in [-0.3, -0.25) is 14.2 Å². The summed E-state index contributed by atoms with van der Waals surface area (Å²) in [4.78, 5) is 46.8. The highest BCUT2D eigenvalue weighted by Gasteiger charge is 2.31. The van der Waals surface area contributed by atoms with Gasteiger partial charge in [0.25, 0.3) is 5.56 Å². The van der Waals surface area contributed by atoms with Crippen LogP contribution in [0.3, 0.4) is 0 Å². The van der Waals surface area contributed by atoms with Crippen LogP contribution in [0.5, 0.6) is 0 Å². The first-order chi connectivity index (χ1) is 15.5. The molecule has 1 amide bonds. The summed E-state index contributed by atoms with van der Waals surface area (Å²) >= 11 is 1.55. The molecule has 1 unspecified atom stereocenters. The van der Waals surface area contributed by atoms with E-state index in [-0.39, 0.29) is 17.5 Å². The molecule has 3 aromatic heterocycles. The number of thioether (sulfide) groups is 1. The second-order valence-electron chi connectivity index (χ2n) is 7.89. The quantitative estimate of drug-likeness (QED) is 0.524. The maximum Gasteiger partial charge on any atom is 0.257 e. The first-order valence-corrected chi connectivity index (χ1v) is 11.4. The summed E-state index contributed by atoms with van der Waals surface area (Å²) in [5, 5.41) is 4.82. The van der Waals surface area contributed by atoms with Crippen LogP contribution in [-0.4, -0.2) is 77.0 Å². The second-order valence-corrected chi connectivity index (χ2v) is 8.88. The van der Waals surface area contributed by atoms with Crippen LogP contribution in [-0.2, 0) is 4.79 Å². The summed E-state index contributed by atoms with van der Waals surface area (Å²) in [5.74, 6) is 2.21. The zero-order chi connectivity index (χ0) is 22.2. The molecule has 0 N–H and O–H groups in total. The fourth-order valence-corrected chi connectivity index (χ4v) is 5.18. The van der Waals surface area contributed by atoms with Gasteiger partial charge in [0.15, 0.2) is 11.0 Å². The molecule has 2 aliphatic heterocycles. The fraction of sp³-hybridized carbons (Fsp3) is 0.450. The smallest absolute Gasteiger partial charge is 0.257 e. The maximum absolute atomic E-state index is 13.0. The van der Waals surface area contributed by atoms with E-state index in [1.54, 1.807) is 34.3 Å². The predicted molar refractivity (Wildman–Crippen MR) is 118 cm³/mol. The van der Waals surface area contributed by atoms with E-state index in [1.165, 1.54) is 12.7 Å². The molecule has 0 saturated carbocycles. The number of rotatable bonds is 4. The van der Waals surface area contributed by atoms with E-state index in [0.29, 0.717) is 54.9 Å². The highest BCUT2D eigenvalue weighted by molar-refractivity contribution is 7.99. The molecule has 0 aromatic carbocycles. The largest absolute Gasteiger partial charge is 0.353 e. The molecular formula is C20H23N9O2S. The van der Waals surface area contributed by atoms with Crippen molar-refractivity contribution in [3.63, 3.8) is 0 Å². The average Bonchev–Trinajstić information content (AvgIpc) is 3.48. The van der Waals surface area contributed by atoms with Crippen molar-refractivity contribution in [3.05, 3.63) is 46.7 Å². The number of hydrogen-bond acceptors (Lipinski definition) is 9. The molecule has 1 saturated heterocycles. The number of carbonyl (C=O) groups is 1. The third-order valence-corrected chi connectivity index (χ3v) is 7.08. The van der Waals surface area contributed by atoms with Gasteiger partial charge in [-0.05, 0) is 13.8 Å². The molecule has 32 heavy (non-hydrogen) atoms. The minimum atomic E-state index is -0.146. The molecule has 0 bridgehead atoms. The molecule has 1 atom stereocenters. The fourth-order valence-electron chi connectivity index (χ4n) is 4.00. The SMILES string of the molecule is Cc1nc2n(c(=O)c1C)C(CC(=O)N1CCN(c3cc(-n4cncn4)ncn3)CC1)CS2. The molecule has 12 heteroatoms. The number of carbonyl (C=O) groups excluding carboxylic acids is 1. The van der Waals surface area contributed by atoms with Crippen molar-refractivity contribution in [1.29, 1.82) is 0 Å². The maximum atomic E-state index is 13.0. The van der Waals surface area contributed by atoms with Gasteiger partial charge < -0.3 is 9.80 Å². The molecule has 5 rings (SSSR count). The number of fused-ring (bicyclic) bond motifs is 1. The number of piperazine rings is 1. The lowest BCUT2D eigenvalue weighted by Crippen LogP contribution is -2.49. The monoisotopic (exact) mass is 453 g/mol. The van der Waals surface area contributed by atoms with Gasteiger partial charge in [-0.2, -0.15) is 5.10 Å². The van der Waals surface area contributed by atoms with Gasteiger partial charge in [0, 0.05) is 55.7 Å². The van der Waals surface area contributed by atoms with E-state index >= 15 is 0 Å². The number of anilines is 1. The topological polar surface area (TPSA) is 115 Å². The van der Waals surface area contributed by atoms with Crippen molar-refractivity contribution in [2.45, 2.75) is 31.5 Å². The van der Waals surface area contributed by atoms with Crippen LogP contribution in [0.15, 0.2) is 35.0 Å². The van der Waals surface area contributed by atoms with Gasteiger partial charge in [-0.25, -0.2) is 24.6 Å². The van der Waals surface area contributed by atoms with Gasteiger partial charge in [-0.15, -0.1) is 0 Å². The Morgan fingerprint density at radius 2 is 1.91 bits per heavy atom. The number of nitrogens with zero attached hydrogens (tertiary/aromatic N) is 9. The standard InChI is InChI=1S/C20H23N9O2S/c1-13-14(2)25-20-29(19(13)31)15(9-32-20)7-18(30)27-5-3-26(4-6-27)16-8-17(23-11-22-16)28-12-21-10-24-28/h8,10-12,15H,3-7,9H2,1-2H3. The summed E-state index contributed by atoms with van der Waals surface area (Å²) in [7, 11) is 0. The molecule has 3 aromatic rings. The Bertz CT molecular complexity index is 1200. The summed E-state index contributed by atoms with van der Waals surface area (Å²) in [5.41, 5.74) is 1.37. The zero-order valence-electron chi connectivity index (χ0n) is 17.9. The Balaban J connectivity index is 1.23. The molecule has 166 valence electrons. The number of aromatic nitrogens is 7. The van der Waals surface area contributed by atoms with Crippen LogP contribution in [0.25, 0.3) is 5.82 Å². The van der Waals surface area contributed by atoms with E-state index in [0.717, 1.165) is 11.5 Å². The van der Waals surface area contributed by atoms with Crippen molar-refractivity contribution >= 4 is 23.5 Å². The lowest BCUT2D eigenvalue weighted by Gasteiger charge is -2.36. The predicted octanol–water partition coefficient (Wildman–Crippen LogP) is 0.617. The van der Waals surface area contributed by atoms with Gasteiger partial charge >= 0.3 is 0 Å². The molecule has 11 nitrogen and oxygen atoms in total. The van der Waals surface area contributed by atoms with Crippen molar-refractivity contribution in [2.75, 3.05) is 36.8 Å². The lowest BCUT2D eigenvalue weighted by atomic mass is 10.1. The number of amides is 1. The highest BCUT2D eigenvalue weighted by atomic mass is 32.2. The normalized spacial score (nSPS) is 18.1. The van der Waals surface area contributed by atoms with Crippen LogP contribution in [0.2, 0.25) is 0 Å². The van der Waals surface area contributed by atoms with Crippen molar-refractivity contribution in [3.8, 4) is 5.82 Å². The summed E-state index contributed by atoms with van der Waals surface area (Å²) in [6.07, 6.45) is 4.87. The molecule has 1 fully saturated rings. The summed E-state index contributed by atoms with van der Waals surface area (Å²) < 4.78 is 3.29. The molecule has 5 heterocycles. The Morgan fingerprint density at radius 3 is 2.66 bits per heavy atom. The first kappa shape index (κ1) is 20.6. The van der Waals surface area contributed by atoms with Crippen LogP contribution < -0.4 is 10.5 Å². The van der Waals surface area contributed by atoms with Gasteiger partial charge in [0.05, 0.1) is 6.04 Å². The van der Waals surface area contributed by atoms with Crippen LogP contribution >= 0.6 is 11.8 Å². The zero-order valence-corrected chi connectivity index (χ0v) is 18.7. The number of aryl methyl sites for hydroxylation is 1. The molecule has 0 aliphatic carbocycles.